The summed E-state index contributed by atoms with van der Waals surface area (Å²) in [5.74, 6) is 4.88. The molecule has 0 unspecified atom stereocenters. The summed E-state index contributed by atoms with van der Waals surface area (Å²) in [4.78, 5) is 0. The third-order valence-corrected chi connectivity index (χ3v) is 4.52. The van der Waals surface area contributed by atoms with Gasteiger partial charge in [-0.3, -0.25) is 0 Å². The first kappa shape index (κ1) is 16.7. The molecule has 2 heteroatoms. The van der Waals surface area contributed by atoms with Crippen LogP contribution in [0, 0.1) is 23.7 Å². The number of hydrogen-bond donors (Lipinski definition) is 0. The number of allylic oxidation sites excluding steroid dienone is 1. The molecule has 0 bridgehead atoms. The molecule has 0 aliphatic heterocycles. The lowest BCUT2D eigenvalue weighted by Crippen LogP contribution is -2.15. The zero-order valence-corrected chi connectivity index (χ0v) is 13.5. The first-order valence-corrected chi connectivity index (χ1v) is 8.24. The van der Waals surface area contributed by atoms with Crippen LogP contribution in [0.1, 0.15) is 63.5 Å². The lowest BCUT2D eigenvalue weighted by atomic mass is 9.79. The van der Waals surface area contributed by atoms with Crippen LogP contribution in [0.5, 0.6) is 0 Å². The molecule has 2 rings (SSSR count). The lowest BCUT2D eigenvalue weighted by Gasteiger charge is -2.27. The highest BCUT2D eigenvalue weighted by Gasteiger charge is 2.26. The first-order chi connectivity index (χ1) is 10.7. The van der Waals surface area contributed by atoms with Crippen molar-refractivity contribution >= 4 is 5.83 Å². The molecule has 1 saturated carbocycles. The van der Waals surface area contributed by atoms with E-state index in [4.69, 9.17) is 0 Å². The summed E-state index contributed by atoms with van der Waals surface area (Å²) in [7, 11) is 0. The van der Waals surface area contributed by atoms with E-state index in [1.807, 2.05) is 0 Å². The van der Waals surface area contributed by atoms with E-state index in [0.29, 0.717) is 11.5 Å². The maximum absolute atomic E-state index is 14.4. The van der Waals surface area contributed by atoms with Crippen LogP contribution in [0.3, 0.4) is 0 Å². The molecule has 118 valence electrons. The van der Waals surface area contributed by atoms with Gasteiger partial charge in [0.1, 0.15) is 5.83 Å². The monoisotopic (exact) mass is 302 g/mol. The Labute approximate surface area is 132 Å². The molecule has 0 heterocycles. The first-order valence-electron chi connectivity index (χ1n) is 8.24. The van der Waals surface area contributed by atoms with Crippen molar-refractivity contribution < 1.29 is 8.78 Å². The Morgan fingerprint density at radius 1 is 1.09 bits per heavy atom. The maximum Gasteiger partial charge on any atom is 0.162 e. The summed E-state index contributed by atoms with van der Waals surface area (Å²) in [6.07, 6.45) is 5.95. The van der Waals surface area contributed by atoms with Gasteiger partial charge >= 0.3 is 0 Å². The molecular weight excluding hydrogens is 278 g/mol. The Morgan fingerprint density at radius 3 is 2.27 bits per heavy atom. The maximum atomic E-state index is 14.4. The number of hydrogen-bond acceptors (Lipinski definition) is 0. The van der Waals surface area contributed by atoms with Crippen molar-refractivity contribution in [1.82, 2.24) is 0 Å². The van der Waals surface area contributed by atoms with Crippen molar-refractivity contribution in [2.24, 2.45) is 11.8 Å². The second-order valence-electron chi connectivity index (χ2n) is 6.12. The second kappa shape index (κ2) is 8.13. The van der Waals surface area contributed by atoms with Gasteiger partial charge in [-0.25, -0.2) is 8.78 Å². The van der Waals surface area contributed by atoms with Crippen molar-refractivity contribution in [3.8, 4) is 11.8 Å². The highest BCUT2D eigenvalue weighted by atomic mass is 19.2. The molecule has 0 atom stereocenters. The average molecular weight is 302 g/mol. The van der Waals surface area contributed by atoms with Crippen molar-refractivity contribution in [3.05, 3.63) is 41.2 Å². The van der Waals surface area contributed by atoms with E-state index in [1.165, 1.54) is 12.8 Å². The molecule has 22 heavy (non-hydrogen) atoms. The minimum absolute atomic E-state index is 0.247. The van der Waals surface area contributed by atoms with E-state index in [1.54, 1.807) is 31.2 Å². The van der Waals surface area contributed by atoms with Gasteiger partial charge in [-0.1, -0.05) is 37.8 Å². The standard InChI is InChI=1S/C20H24F2/c1-3-5-15-7-11-17(12-8-15)19(21)20(22)18-13-9-16(6-4-2)10-14-18/h9-10,13-15,17H,3,5,7-8,11-12H2,1-2H3/b20-19-. The van der Waals surface area contributed by atoms with Crippen molar-refractivity contribution in [3.63, 3.8) is 0 Å². The molecular formula is C20H24F2. The van der Waals surface area contributed by atoms with Crippen LogP contribution in [0.2, 0.25) is 0 Å². The van der Waals surface area contributed by atoms with Crippen LogP contribution in [0.15, 0.2) is 30.1 Å². The van der Waals surface area contributed by atoms with Crippen molar-refractivity contribution in [2.75, 3.05) is 0 Å². The Kier molecular flexibility index (Phi) is 6.19. The molecule has 0 nitrogen and oxygen atoms in total. The molecule has 0 amide bonds. The van der Waals surface area contributed by atoms with Gasteiger partial charge in [-0.05, 0) is 50.7 Å². The average Bonchev–Trinajstić information content (AvgIpc) is 2.55. The third kappa shape index (κ3) is 4.19. The van der Waals surface area contributed by atoms with Crippen LogP contribution < -0.4 is 0 Å². The molecule has 0 radical (unpaired) electrons. The summed E-state index contributed by atoms with van der Waals surface area (Å²) in [6.45, 7) is 3.93. The summed E-state index contributed by atoms with van der Waals surface area (Å²) in [5.41, 5.74) is 1.13. The fourth-order valence-corrected chi connectivity index (χ4v) is 3.27. The number of halogens is 2. The van der Waals surface area contributed by atoms with Gasteiger partial charge < -0.3 is 0 Å². The summed E-state index contributed by atoms with van der Waals surface area (Å²) < 4.78 is 28.8. The molecule has 0 N–H and O–H groups in total. The Hall–Kier alpha value is -1.62. The van der Waals surface area contributed by atoms with Gasteiger partial charge in [-0.15, -0.1) is 5.92 Å². The van der Waals surface area contributed by atoms with Gasteiger partial charge in [0, 0.05) is 17.0 Å². The second-order valence-corrected chi connectivity index (χ2v) is 6.12. The van der Waals surface area contributed by atoms with Crippen LogP contribution in [0.4, 0.5) is 8.78 Å². The largest absolute Gasteiger partial charge is 0.208 e. The predicted molar refractivity (Wildman–Crippen MR) is 88.5 cm³/mol. The molecule has 1 aliphatic carbocycles. The normalized spacial score (nSPS) is 22.5. The zero-order chi connectivity index (χ0) is 15.9. The van der Waals surface area contributed by atoms with Crippen LogP contribution >= 0.6 is 0 Å². The van der Waals surface area contributed by atoms with Gasteiger partial charge in [0.15, 0.2) is 5.83 Å². The summed E-state index contributed by atoms with van der Waals surface area (Å²) >= 11 is 0. The van der Waals surface area contributed by atoms with E-state index in [9.17, 15) is 8.78 Å². The molecule has 0 spiro atoms. The van der Waals surface area contributed by atoms with E-state index < -0.39 is 11.7 Å². The number of rotatable bonds is 4. The minimum Gasteiger partial charge on any atom is -0.208 e. The predicted octanol–water partition coefficient (Wildman–Crippen LogP) is 6.27. The molecule has 1 aromatic carbocycles. The molecule has 0 aromatic heterocycles. The zero-order valence-electron chi connectivity index (χ0n) is 13.5. The minimum atomic E-state index is -0.699. The fraction of sp³-hybridized carbons (Fsp3) is 0.500. The highest BCUT2D eigenvalue weighted by Crippen LogP contribution is 2.38. The van der Waals surface area contributed by atoms with Crippen molar-refractivity contribution in [2.45, 2.75) is 52.4 Å². The fourth-order valence-electron chi connectivity index (χ4n) is 3.27. The van der Waals surface area contributed by atoms with Gasteiger partial charge in [0.25, 0.3) is 0 Å². The summed E-state index contributed by atoms with van der Waals surface area (Å²) in [5, 5.41) is 0. The topological polar surface area (TPSA) is 0 Å². The Balaban J connectivity index is 2.06. The highest BCUT2D eigenvalue weighted by molar-refractivity contribution is 5.62. The van der Waals surface area contributed by atoms with Crippen molar-refractivity contribution in [1.29, 1.82) is 0 Å². The SMILES string of the molecule is CC#Cc1ccc(/C(F)=C(/F)C2CCC(CCC)CC2)cc1. The Bertz CT molecular complexity index is 564. The molecule has 1 fully saturated rings. The van der Waals surface area contributed by atoms with E-state index >= 15 is 0 Å². The molecule has 1 aromatic rings. The third-order valence-electron chi connectivity index (χ3n) is 4.52. The quantitative estimate of drug-likeness (QED) is 0.575. The van der Waals surface area contributed by atoms with E-state index in [2.05, 4.69) is 18.8 Å². The van der Waals surface area contributed by atoms with Crippen LogP contribution in [0.25, 0.3) is 5.83 Å². The van der Waals surface area contributed by atoms with Crippen LogP contribution in [-0.4, -0.2) is 0 Å². The summed E-state index contributed by atoms with van der Waals surface area (Å²) in [6, 6.07) is 6.68. The van der Waals surface area contributed by atoms with Gasteiger partial charge in [0.2, 0.25) is 0 Å². The number of benzene rings is 1. The van der Waals surface area contributed by atoms with Crippen LogP contribution in [-0.2, 0) is 0 Å². The van der Waals surface area contributed by atoms with Gasteiger partial charge in [0.05, 0.1) is 0 Å². The van der Waals surface area contributed by atoms with E-state index in [-0.39, 0.29) is 5.92 Å². The lowest BCUT2D eigenvalue weighted by molar-refractivity contribution is 0.261. The molecule has 1 aliphatic rings. The smallest absolute Gasteiger partial charge is 0.162 e. The van der Waals surface area contributed by atoms with Gasteiger partial charge in [-0.2, -0.15) is 0 Å². The van der Waals surface area contributed by atoms with E-state index in [0.717, 1.165) is 31.2 Å². The Morgan fingerprint density at radius 2 is 1.73 bits per heavy atom. The molecule has 0 saturated heterocycles.